The molecular formula is C19H30N2O4. The maximum absolute atomic E-state index is 10.9. The largest absolute Gasteiger partial charge is 0.491 e. The Morgan fingerprint density at radius 2 is 2.12 bits per heavy atom. The molecule has 1 amide bonds. The molecule has 0 fully saturated rings. The maximum atomic E-state index is 10.9. The molecular weight excluding hydrogens is 320 g/mol. The summed E-state index contributed by atoms with van der Waals surface area (Å²) in [6.45, 7) is 10.6. The number of hydrogen-bond acceptors (Lipinski definition) is 5. The molecule has 0 saturated carbocycles. The van der Waals surface area contributed by atoms with E-state index in [1.54, 1.807) is 0 Å². The number of aliphatic hydroxyl groups is 1. The summed E-state index contributed by atoms with van der Waals surface area (Å²) < 4.78 is 11.8. The van der Waals surface area contributed by atoms with Crippen molar-refractivity contribution < 1.29 is 19.4 Å². The minimum absolute atomic E-state index is 0.0364. The summed E-state index contributed by atoms with van der Waals surface area (Å²) in [7, 11) is 0. The number of fused-ring (bicyclic) bond motifs is 1. The second-order valence-corrected chi connectivity index (χ2v) is 7.29. The van der Waals surface area contributed by atoms with E-state index in [0.29, 0.717) is 13.2 Å². The number of nitrogens with one attached hydrogen (secondary N) is 2. The predicted octanol–water partition coefficient (Wildman–Crippen LogP) is 1.87. The Hall–Kier alpha value is -1.63. The molecule has 6 nitrogen and oxygen atoms in total. The number of carbonyl (C=O) groups excluding carboxylic acids is 1. The Bertz CT molecular complexity index is 601. The molecule has 0 bridgehead atoms. The molecule has 2 atom stereocenters. The molecule has 1 aliphatic heterocycles. The number of aliphatic hydroxyl groups excluding tert-OH is 1. The number of benzene rings is 1. The summed E-state index contributed by atoms with van der Waals surface area (Å²) in [4.78, 5) is 10.9. The Labute approximate surface area is 149 Å². The van der Waals surface area contributed by atoms with Crippen LogP contribution >= 0.6 is 0 Å². The van der Waals surface area contributed by atoms with E-state index in [1.165, 1.54) is 6.92 Å². The molecule has 0 aliphatic carbocycles. The van der Waals surface area contributed by atoms with Gasteiger partial charge in [-0.3, -0.25) is 4.79 Å². The Kier molecular flexibility index (Phi) is 6.43. The second-order valence-electron chi connectivity index (χ2n) is 7.29. The normalized spacial score (nSPS) is 20.0. The fraction of sp³-hybridized carbons (Fsp3) is 0.632. The highest BCUT2D eigenvalue weighted by molar-refractivity contribution is 5.72. The van der Waals surface area contributed by atoms with E-state index >= 15 is 0 Å². The van der Waals surface area contributed by atoms with Crippen molar-refractivity contribution in [3.05, 3.63) is 29.3 Å². The van der Waals surface area contributed by atoms with Crippen molar-refractivity contribution in [2.45, 2.75) is 58.5 Å². The zero-order chi connectivity index (χ0) is 18.6. The highest BCUT2D eigenvalue weighted by atomic mass is 16.5. The van der Waals surface area contributed by atoms with Gasteiger partial charge in [-0.15, -0.1) is 0 Å². The highest BCUT2D eigenvalue weighted by Crippen LogP contribution is 2.38. The van der Waals surface area contributed by atoms with E-state index in [2.05, 4.69) is 36.6 Å². The first-order chi connectivity index (χ1) is 11.7. The third-order valence-corrected chi connectivity index (χ3v) is 4.22. The van der Waals surface area contributed by atoms with Gasteiger partial charge < -0.3 is 25.2 Å². The molecule has 0 aromatic heterocycles. The Morgan fingerprint density at radius 1 is 1.40 bits per heavy atom. The first-order valence-electron chi connectivity index (χ1n) is 8.80. The smallest absolute Gasteiger partial charge is 0.216 e. The zero-order valence-electron chi connectivity index (χ0n) is 15.8. The van der Waals surface area contributed by atoms with E-state index in [4.69, 9.17) is 9.47 Å². The molecule has 1 aromatic carbocycles. The summed E-state index contributed by atoms with van der Waals surface area (Å²) in [6.07, 6.45) is -0.547. The lowest BCUT2D eigenvalue weighted by Crippen LogP contribution is -2.42. The van der Waals surface area contributed by atoms with Gasteiger partial charge in [0.1, 0.15) is 5.75 Å². The second kappa shape index (κ2) is 8.17. The summed E-state index contributed by atoms with van der Waals surface area (Å²) in [6, 6.07) is 6.04. The fourth-order valence-corrected chi connectivity index (χ4v) is 2.96. The molecule has 0 spiro atoms. The first kappa shape index (κ1) is 19.7. The molecule has 3 N–H and O–H groups in total. The molecule has 1 aliphatic rings. The standard InChI is InChI=1S/C19H30N2O4/c1-12(2)25-15-6-7-17-16(8-15)18(11-24-19(17,4)5)21-10-14(23)9-20-13(3)22/h6-8,12,14,18,21,23H,9-11H2,1-5H3,(H,20,22). The van der Waals surface area contributed by atoms with Crippen LogP contribution in [0, 0.1) is 0 Å². The van der Waals surface area contributed by atoms with Crippen LogP contribution in [0.4, 0.5) is 0 Å². The molecule has 25 heavy (non-hydrogen) atoms. The monoisotopic (exact) mass is 350 g/mol. The van der Waals surface area contributed by atoms with E-state index < -0.39 is 6.10 Å². The lowest BCUT2D eigenvalue weighted by Gasteiger charge is -2.38. The van der Waals surface area contributed by atoms with Crippen LogP contribution in [0.15, 0.2) is 18.2 Å². The van der Waals surface area contributed by atoms with Crippen LogP contribution in [0.2, 0.25) is 0 Å². The average Bonchev–Trinajstić information content (AvgIpc) is 2.51. The zero-order valence-corrected chi connectivity index (χ0v) is 15.8. The van der Waals surface area contributed by atoms with Gasteiger partial charge in [0, 0.05) is 20.0 Å². The Balaban J connectivity index is 2.11. The quantitative estimate of drug-likeness (QED) is 0.700. The molecule has 0 radical (unpaired) electrons. The van der Waals surface area contributed by atoms with Gasteiger partial charge in [-0.05, 0) is 51.0 Å². The number of ether oxygens (including phenoxy) is 2. The molecule has 2 rings (SSSR count). The molecule has 1 heterocycles. The van der Waals surface area contributed by atoms with Crippen molar-refractivity contribution in [1.82, 2.24) is 10.6 Å². The number of hydrogen-bond donors (Lipinski definition) is 3. The Morgan fingerprint density at radius 3 is 2.76 bits per heavy atom. The number of amides is 1. The van der Waals surface area contributed by atoms with Gasteiger partial charge >= 0.3 is 0 Å². The molecule has 2 unspecified atom stereocenters. The van der Waals surface area contributed by atoms with Crippen LogP contribution in [0.3, 0.4) is 0 Å². The third kappa shape index (κ3) is 5.42. The minimum atomic E-state index is -0.655. The average molecular weight is 350 g/mol. The van der Waals surface area contributed by atoms with Gasteiger partial charge in [-0.1, -0.05) is 6.07 Å². The molecule has 0 saturated heterocycles. The summed E-state index contributed by atoms with van der Waals surface area (Å²) >= 11 is 0. The lowest BCUT2D eigenvalue weighted by atomic mass is 9.86. The third-order valence-electron chi connectivity index (χ3n) is 4.22. The SMILES string of the molecule is CC(=O)NCC(O)CNC1COC(C)(C)c2ccc(OC(C)C)cc21. The van der Waals surface area contributed by atoms with Crippen molar-refractivity contribution in [3.8, 4) is 5.75 Å². The highest BCUT2D eigenvalue weighted by Gasteiger charge is 2.33. The van der Waals surface area contributed by atoms with Gasteiger partial charge in [0.25, 0.3) is 0 Å². The van der Waals surface area contributed by atoms with Crippen LogP contribution in [-0.2, 0) is 15.1 Å². The van der Waals surface area contributed by atoms with Crippen LogP contribution in [0.25, 0.3) is 0 Å². The van der Waals surface area contributed by atoms with E-state index in [1.807, 2.05) is 19.9 Å². The number of rotatable bonds is 7. The van der Waals surface area contributed by atoms with Gasteiger partial charge in [-0.25, -0.2) is 0 Å². The van der Waals surface area contributed by atoms with Gasteiger partial charge in [-0.2, -0.15) is 0 Å². The summed E-state index contributed by atoms with van der Waals surface area (Å²) in [5.74, 6) is 0.680. The van der Waals surface area contributed by atoms with Crippen molar-refractivity contribution in [3.63, 3.8) is 0 Å². The van der Waals surface area contributed by atoms with Gasteiger partial charge in [0.15, 0.2) is 0 Å². The molecule has 140 valence electrons. The first-order valence-corrected chi connectivity index (χ1v) is 8.80. The van der Waals surface area contributed by atoms with E-state index in [0.717, 1.165) is 16.9 Å². The summed E-state index contributed by atoms with van der Waals surface area (Å²) in [5, 5.41) is 16.0. The minimum Gasteiger partial charge on any atom is -0.491 e. The molecule has 6 heteroatoms. The van der Waals surface area contributed by atoms with Gasteiger partial charge in [0.2, 0.25) is 5.91 Å². The summed E-state index contributed by atoms with van der Waals surface area (Å²) in [5.41, 5.74) is 1.88. The van der Waals surface area contributed by atoms with Crippen LogP contribution in [-0.4, -0.2) is 42.9 Å². The predicted molar refractivity (Wildman–Crippen MR) is 96.6 cm³/mol. The fourth-order valence-electron chi connectivity index (χ4n) is 2.96. The van der Waals surface area contributed by atoms with Crippen molar-refractivity contribution in [1.29, 1.82) is 0 Å². The molecule has 1 aromatic rings. The topological polar surface area (TPSA) is 79.8 Å². The number of carbonyl (C=O) groups is 1. The van der Waals surface area contributed by atoms with E-state index in [9.17, 15) is 9.90 Å². The van der Waals surface area contributed by atoms with E-state index in [-0.39, 0.29) is 30.2 Å². The van der Waals surface area contributed by atoms with Crippen molar-refractivity contribution in [2.75, 3.05) is 19.7 Å². The van der Waals surface area contributed by atoms with Crippen molar-refractivity contribution in [2.24, 2.45) is 0 Å². The van der Waals surface area contributed by atoms with Crippen LogP contribution in [0.1, 0.15) is 51.8 Å². The van der Waals surface area contributed by atoms with Crippen LogP contribution < -0.4 is 15.4 Å². The lowest BCUT2D eigenvalue weighted by molar-refractivity contribution is -0.119. The maximum Gasteiger partial charge on any atom is 0.216 e. The van der Waals surface area contributed by atoms with Gasteiger partial charge in [0.05, 0.1) is 30.5 Å². The van der Waals surface area contributed by atoms with Crippen molar-refractivity contribution >= 4 is 5.91 Å². The van der Waals surface area contributed by atoms with Crippen LogP contribution in [0.5, 0.6) is 5.75 Å².